The number of carbonyl (C=O) groups is 1. The predicted octanol–water partition coefficient (Wildman–Crippen LogP) is 3.68. The SMILES string of the molecule is O=C(NC1CCCc2c(O)cccc21)c1ccc2cc[nH]c2c1. The highest BCUT2D eigenvalue weighted by Crippen LogP contribution is 2.34. The number of H-pyrrole nitrogens is 1. The third-order valence-corrected chi connectivity index (χ3v) is 4.61. The summed E-state index contributed by atoms with van der Waals surface area (Å²) in [4.78, 5) is 15.7. The molecule has 1 atom stereocenters. The zero-order valence-electron chi connectivity index (χ0n) is 12.7. The van der Waals surface area contributed by atoms with Gasteiger partial charge in [-0.1, -0.05) is 18.2 Å². The number of nitrogens with one attached hydrogen (secondary N) is 2. The third kappa shape index (κ3) is 2.46. The average Bonchev–Trinajstić information content (AvgIpc) is 3.03. The van der Waals surface area contributed by atoms with Gasteiger partial charge in [0.05, 0.1) is 6.04 Å². The van der Waals surface area contributed by atoms with Gasteiger partial charge in [0.15, 0.2) is 0 Å². The van der Waals surface area contributed by atoms with E-state index >= 15 is 0 Å². The third-order valence-electron chi connectivity index (χ3n) is 4.61. The largest absolute Gasteiger partial charge is 0.508 e. The van der Waals surface area contributed by atoms with Crippen molar-refractivity contribution in [2.45, 2.75) is 25.3 Å². The molecule has 0 saturated heterocycles. The second kappa shape index (κ2) is 5.47. The van der Waals surface area contributed by atoms with Gasteiger partial charge >= 0.3 is 0 Å². The normalized spacial score (nSPS) is 17.0. The zero-order chi connectivity index (χ0) is 15.8. The molecule has 4 heteroatoms. The molecule has 1 aliphatic carbocycles. The quantitative estimate of drug-likeness (QED) is 0.676. The lowest BCUT2D eigenvalue weighted by atomic mass is 9.87. The summed E-state index contributed by atoms with van der Waals surface area (Å²) in [5.74, 6) is 0.247. The number of phenols is 1. The van der Waals surface area contributed by atoms with E-state index in [1.807, 2.05) is 42.6 Å². The van der Waals surface area contributed by atoms with Gasteiger partial charge in [0.1, 0.15) is 5.75 Å². The van der Waals surface area contributed by atoms with Crippen LogP contribution >= 0.6 is 0 Å². The molecule has 0 radical (unpaired) electrons. The lowest BCUT2D eigenvalue weighted by Crippen LogP contribution is -2.31. The number of aromatic nitrogens is 1. The van der Waals surface area contributed by atoms with Crippen LogP contribution in [0.4, 0.5) is 0 Å². The van der Waals surface area contributed by atoms with Gasteiger partial charge in [-0.05, 0) is 60.0 Å². The number of hydrogen-bond acceptors (Lipinski definition) is 2. The number of benzene rings is 2. The lowest BCUT2D eigenvalue weighted by molar-refractivity contribution is 0.0932. The molecule has 0 fully saturated rings. The fraction of sp³-hybridized carbons (Fsp3) is 0.211. The molecule has 1 amide bonds. The molecule has 116 valence electrons. The van der Waals surface area contributed by atoms with Crippen LogP contribution in [0.1, 0.15) is 40.4 Å². The van der Waals surface area contributed by atoms with Crippen molar-refractivity contribution in [1.82, 2.24) is 10.3 Å². The van der Waals surface area contributed by atoms with Crippen molar-refractivity contribution >= 4 is 16.8 Å². The number of fused-ring (bicyclic) bond motifs is 2. The van der Waals surface area contributed by atoms with Gasteiger partial charge in [0.2, 0.25) is 0 Å². The van der Waals surface area contributed by atoms with E-state index in [1.54, 1.807) is 6.07 Å². The Hall–Kier alpha value is -2.75. The Morgan fingerprint density at radius 1 is 1.22 bits per heavy atom. The Balaban J connectivity index is 1.61. The first-order valence-electron chi connectivity index (χ1n) is 7.91. The maximum atomic E-state index is 12.6. The van der Waals surface area contributed by atoms with Gasteiger partial charge in [-0.25, -0.2) is 0 Å². The van der Waals surface area contributed by atoms with Crippen LogP contribution in [0.2, 0.25) is 0 Å². The lowest BCUT2D eigenvalue weighted by Gasteiger charge is -2.27. The number of hydrogen-bond donors (Lipinski definition) is 3. The van der Waals surface area contributed by atoms with Crippen molar-refractivity contribution in [3.63, 3.8) is 0 Å². The fourth-order valence-corrected chi connectivity index (χ4v) is 3.41. The molecule has 0 spiro atoms. The van der Waals surface area contributed by atoms with E-state index in [0.29, 0.717) is 11.3 Å². The Kier molecular flexibility index (Phi) is 3.30. The number of aromatic amines is 1. The maximum absolute atomic E-state index is 12.6. The summed E-state index contributed by atoms with van der Waals surface area (Å²) >= 11 is 0. The molecule has 4 nitrogen and oxygen atoms in total. The van der Waals surface area contributed by atoms with E-state index in [1.165, 1.54) is 0 Å². The first kappa shape index (κ1) is 13.9. The molecule has 1 heterocycles. The molecule has 1 aromatic heterocycles. The van der Waals surface area contributed by atoms with Crippen LogP contribution in [0.5, 0.6) is 5.75 Å². The maximum Gasteiger partial charge on any atom is 0.251 e. The highest BCUT2D eigenvalue weighted by atomic mass is 16.3. The highest BCUT2D eigenvalue weighted by Gasteiger charge is 2.24. The van der Waals surface area contributed by atoms with Crippen LogP contribution < -0.4 is 5.32 Å². The van der Waals surface area contributed by atoms with Crippen molar-refractivity contribution in [3.8, 4) is 5.75 Å². The van der Waals surface area contributed by atoms with E-state index in [4.69, 9.17) is 0 Å². The summed E-state index contributed by atoms with van der Waals surface area (Å²) < 4.78 is 0. The molecule has 23 heavy (non-hydrogen) atoms. The molecular weight excluding hydrogens is 288 g/mol. The van der Waals surface area contributed by atoms with Gasteiger partial charge in [0.25, 0.3) is 5.91 Å². The Morgan fingerprint density at radius 2 is 2.13 bits per heavy atom. The van der Waals surface area contributed by atoms with Crippen LogP contribution in [-0.2, 0) is 6.42 Å². The van der Waals surface area contributed by atoms with Gasteiger partial charge in [0, 0.05) is 17.3 Å². The van der Waals surface area contributed by atoms with Crippen LogP contribution in [0.3, 0.4) is 0 Å². The molecular formula is C19H18N2O2. The summed E-state index contributed by atoms with van der Waals surface area (Å²) in [5.41, 5.74) is 3.60. The Bertz CT molecular complexity index is 882. The van der Waals surface area contributed by atoms with Crippen LogP contribution in [-0.4, -0.2) is 16.0 Å². The van der Waals surface area contributed by atoms with Gasteiger partial charge in [-0.2, -0.15) is 0 Å². The molecule has 3 aromatic rings. The predicted molar refractivity (Wildman–Crippen MR) is 89.6 cm³/mol. The summed E-state index contributed by atoms with van der Waals surface area (Å²) in [6, 6.07) is 13.1. The minimum absolute atomic E-state index is 0.0438. The van der Waals surface area contributed by atoms with Crippen molar-refractivity contribution < 1.29 is 9.90 Å². The first-order valence-corrected chi connectivity index (χ1v) is 7.91. The standard InChI is InChI=1S/C19H18N2O2/c22-18-6-2-3-14-15(18)4-1-5-16(14)21-19(23)13-8-7-12-9-10-20-17(12)11-13/h2-3,6-11,16,20,22H,1,4-5H2,(H,21,23). The Labute approximate surface area is 134 Å². The summed E-state index contributed by atoms with van der Waals surface area (Å²) in [5, 5.41) is 14.2. The molecule has 1 unspecified atom stereocenters. The van der Waals surface area contributed by atoms with Gasteiger partial charge < -0.3 is 15.4 Å². The second-order valence-electron chi connectivity index (χ2n) is 6.04. The highest BCUT2D eigenvalue weighted by molar-refractivity contribution is 5.98. The van der Waals surface area contributed by atoms with E-state index < -0.39 is 0 Å². The summed E-state index contributed by atoms with van der Waals surface area (Å²) in [6.07, 6.45) is 4.59. The van der Waals surface area contributed by atoms with Crippen LogP contribution in [0.15, 0.2) is 48.7 Å². The molecule has 0 saturated carbocycles. The summed E-state index contributed by atoms with van der Waals surface area (Å²) in [7, 11) is 0. The number of aromatic hydroxyl groups is 1. The molecule has 4 rings (SSSR count). The van der Waals surface area contributed by atoms with E-state index in [2.05, 4.69) is 10.3 Å². The van der Waals surface area contributed by atoms with E-state index in [-0.39, 0.29) is 11.9 Å². The zero-order valence-corrected chi connectivity index (χ0v) is 12.7. The van der Waals surface area contributed by atoms with Crippen molar-refractivity contribution in [2.24, 2.45) is 0 Å². The number of amides is 1. The van der Waals surface area contributed by atoms with E-state index in [9.17, 15) is 9.90 Å². The monoisotopic (exact) mass is 306 g/mol. The molecule has 1 aliphatic rings. The Morgan fingerprint density at radius 3 is 3.04 bits per heavy atom. The molecule has 0 aliphatic heterocycles. The van der Waals surface area contributed by atoms with Crippen molar-refractivity contribution in [2.75, 3.05) is 0 Å². The number of rotatable bonds is 2. The van der Waals surface area contributed by atoms with Gasteiger partial charge in [-0.15, -0.1) is 0 Å². The number of phenolic OH excluding ortho intramolecular Hbond substituents is 1. The fourth-order valence-electron chi connectivity index (χ4n) is 3.41. The van der Waals surface area contributed by atoms with Gasteiger partial charge in [-0.3, -0.25) is 4.79 Å². The van der Waals surface area contributed by atoms with Crippen molar-refractivity contribution in [1.29, 1.82) is 0 Å². The molecule has 0 bridgehead atoms. The second-order valence-corrected chi connectivity index (χ2v) is 6.04. The molecule has 2 aromatic carbocycles. The van der Waals surface area contributed by atoms with Crippen LogP contribution in [0, 0.1) is 0 Å². The van der Waals surface area contributed by atoms with E-state index in [0.717, 1.165) is 41.3 Å². The minimum atomic E-state index is -0.0808. The topological polar surface area (TPSA) is 65.1 Å². The van der Waals surface area contributed by atoms with Crippen LogP contribution in [0.25, 0.3) is 10.9 Å². The first-order chi connectivity index (χ1) is 11.2. The summed E-state index contributed by atoms with van der Waals surface area (Å²) in [6.45, 7) is 0. The average molecular weight is 306 g/mol. The number of carbonyl (C=O) groups excluding carboxylic acids is 1. The minimum Gasteiger partial charge on any atom is -0.508 e. The molecule has 3 N–H and O–H groups in total. The van der Waals surface area contributed by atoms with Crippen molar-refractivity contribution in [3.05, 3.63) is 65.4 Å². The smallest absolute Gasteiger partial charge is 0.251 e.